The Hall–Kier alpha value is -4.17. The summed E-state index contributed by atoms with van der Waals surface area (Å²) < 4.78 is 10.8. The van der Waals surface area contributed by atoms with Gasteiger partial charge in [0.05, 0.1) is 0 Å². The van der Waals surface area contributed by atoms with Crippen LogP contribution in [-0.4, -0.2) is 27.3 Å². The molecule has 34 heavy (non-hydrogen) atoms. The smallest absolute Gasteiger partial charge is 0.412 e. The van der Waals surface area contributed by atoms with E-state index in [1.807, 2.05) is 30.3 Å². The molecular weight excluding hydrogens is 458 g/mol. The number of carbonyl (C=O) groups excluding carboxylic acids is 1. The zero-order chi connectivity index (χ0) is 24.2. The number of carboxylic acid groups (broad SMARTS) is 1. The highest BCUT2D eigenvalue weighted by Crippen LogP contribution is 2.33. The molecule has 4 aromatic rings. The third-order valence-electron chi connectivity index (χ3n) is 5.17. The summed E-state index contributed by atoms with van der Waals surface area (Å²) in [5.74, 6) is -0.681. The van der Waals surface area contributed by atoms with Gasteiger partial charge in [-0.05, 0) is 37.6 Å². The highest BCUT2D eigenvalue weighted by atomic mass is 35.5. The number of carbonyl (C=O) groups is 2. The van der Waals surface area contributed by atoms with Crippen molar-refractivity contribution in [3.05, 3.63) is 88.9 Å². The highest BCUT2D eigenvalue weighted by Gasteiger charge is 2.21. The van der Waals surface area contributed by atoms with E-state index in [0.717, 1.165) is 11.1 Å². The number of hydrogen-bond donors (Lipinski definition) is 2. The number of aromatic nitrogens is 2. The van der Waals surface area contributed by atoms with E-state index < -0.39 is 18.2 Å². The number of aryl methyl sites for hydroxylation is 1. The number of nitrogens with one attached hydrogen (secondary N) is 1. The number of halogens is 1. The molecule has 0 bridgehead atoms. The van der Waals surface area contributed by atoms with Crippen molar-refractivity contribution < 1.29 is 24.0 Å². The average Bonchev–Trinajstić information content (AvgIpc) is 3.19. The van der Waals surface area contributed by atoms with Crippen LogP contribution < -0.4 is 5.32 Å². The molecule has 2 aromatic carbocycles. The molecule has 0 spiro atoms. The van der Waals surface area contributed by atoms with Crippen LogP contribution in [0.5, 0.6) is 0 Å². The van der Waals surface area contributed by atoms with E-state index in [2.05, 4.69) is 15.5 Å². The number of hydrogen-bond acceptors (Lipinski definition) is 6. The topological polar surface area (TPSA) is 115 Å². The Morgan fingerprint density at radius 3 is 2.53 bits per heavy atom. The van der Waals surface area contributed by atoms with Crippen molar-refractivity contribution in [2.24, 2.45) is 0 Å². The first kappa shape index (κ1) is 23.0. The number of amides is 1. The maximum atomic E-state index is 12.6. The first-order chi connectivity index (χ1) is 16.3. The number of carboxylic acids is 1. The second kappa shape index (κ2) is 9.76. The van der Waals surface area contributed by atoms with E-state index in [-0.39, 0.29) is 5.69 Å². The molecule has 0 fully saturated rings. The lowest BCUT2D eigenvalue weighted by atomic mass is 10.0. The Morgan fingerprint density at radius 2 is 1.82 bits per heavy atom. The van der Waals surface area contributed by atoms with Crippen LogP contribution in [0.25, 0.3) is 22.4 Å². The van der Waals surface area contributed by atoms with Crippen LogP contribution >= 0.6 is 11.6 Å². The van der Waals surface area contributed by atoms with Gasteiger partial charge in [-0.25, -0.2) is 14.6 Å². The molecule has 0 radical (unpaired) electrons. The van der Waals surface area contributed by atoms with Crippen molar-refractivity contribution in [2.45, 2.75) is 20.0 Å². The molecule has 2 aromatic heterocycles. The van der Waals surface area contributed by atoms with Crippen LogP contribution in [0, 0.1) is 6.92 Å². The van der Waals surface area contributed by atoms with Gasteiger partial charge in [0.1, 0.15) is 23.2 Å². The first-order valence-corrected chi connectivity index (χ1v) is 10.7. The van der Waals surface area contributed by atoms with Gasteiger partial charge in [-0.3, -0.25) is 5.32 Å². The Kier molecular flexibility index (Phi) is 6.60. The summed E-state index contributed by atoms with van der Waals surface area (Å²) in [6.45, 7) is 3.41. The van der Waals surface area contributed by atoms with Crippen molar-refractivity contribution >= 4 is 29.4 Å². The number of rotatable bonds is 6. The predicted octanol–water partition coefficient (Wildman–Crippen LogP) is 6.37. The van der Waals surface area contributed by atoms with Gasteiger partial charge >= 0.3 is 12.1 Å². The summed E-state index contributed by atoms with van der Waals surface area (Å²) in [7, 11) is 0. The van der Waals surface area contributed by atoms with E-state index in [0.29, 0.717) is 33.3 Å². The summed E-state index contributed by atoms with van der Waals surface area (Å²) in [6, 6.07) is 17.6. The lowest BCUT2D eigenvalue weighted by Gasteiger charge is -2.15. The maximum absolute atomic E-state index is 12.6. The number of anilines is 1. The zero-order valence-electron chi connectivity index (χ0n) is 18.3. The molecule has 1 amide bonds. The zero-order valence-corrected chi connectivity index (χ0v) is 19.0. The van der Waals surface area contributed by atoms with Gasteiger partial charge < -0.3 is 14.4 Å². The fourth-order valence-corrected chi connectivity index (χ4v) is 3.70. The monoisotopic (exact) mass is 477 g/mol. The summed E-state index contributed by atoms with van der Waals surface area (Å²) in [5, 5.41) is 16.4. The number of ether oxygens (including phenoxy) is 1. The minimum Gasteiger partial charge on any atom is -0.477 e. The first-order valence-electron chi connectivity index (χ1n) is 10.3. The van der Waals surface area contributed by atoms with Gasteiger partial charge in [-0.1, -0.05) is 59.2 Å². The second-order valence-corrected chi connectivity index (χ2v) is 7.88. The van der Waals surface area contributed by atoms with Gasteiger partial charge in [-0.2, -0.15) is 0 Å². The molecule has 1 atom stereocenters. The Labute approximate surface area is 200 Å². The van der Waals surface area contributed by atoms with Gasteiger partial charge in [0.2, 0.25) is 0 Å². The SMILES string of the molecule is Cc1onc(-c2cccc(-c3ccc(C(=O)O)nc3)c2)c1NC(=O)OC(C)c1ccccc1Cl. The molecule has 0 aliphatic rings. The molecule has 0 aliphatic carbocycles. The summed E-state index contributed by atoms with van der Waals surface area (Å²) in [5.41, 5.74) is 3.67. The van der Waals surface area contributed by atoms with Crippen LogP contribution in [0.4, 0.5) is 10.5 Å². The Morgan fingerprint density at radius 1 is 1.06 bits per heavy atom. The van der Waals surface area contributed by atoms with Gasteiger partial charge in [0.15, 0.2) is 5.76 Å². The number of benzene rings is 2. The molecule has 9 heteroatoms. The van der Waals surface area contributed by atoms with Gasteiger partial charge in [0.25, 0.3) is 0 Å². The van der Waals surface area contributed by atoms with E-state index in [9.17, 15) is 9.59 Å². The van der Waals surface area contributed by atoms with Crippen molar-refractivity contribution in [2.75, 3.05) is 5.32 Å². The lowest BCUT2D eigenvalue weighted by molar-refractivity contribution is 0.0690. The number of aromatic carboxylic acids is 1. The minimum atomic E-state index is -1.09. The van der Waals surface area contributed by atoms with Gasteiger partial charge in [-0.15, -0.1) is 0 Å². The molecule has 0 saturated heterocycles. The average molecular weight is 478 g/mol. The molecule has 2 N–H and O–H groups in total. The molecular formula is C25H20ClN3O5. The van der Waals surface area contributed by atoms with Crippen molar-refractivity contribution in [3.63, 3.8) is 0 Å². The van der Waals surface area contributed by atoms with Crippen LogP contribution in [-0.2, 0) is 4.74 Å². The molecule has 4 rings (SSSR count). The van der Waals surface area contributed by atoms with E-state index >= 15 is 0 Å². The van der Waals surface area contributed by atoms with Crippen LogP contribution in [0.3, 0.4) is 0 Å². The summed E-state index contributed by atoms with van der Waals surface area (Å²) in [6.07, 6.45) is 0.245. The summed E-state index contributed by atoms with van der Waals surface area (Å²) in [4.78, 5) is 27.6. The molecule has 172 valence electrons. The molecule has 0 saturated carbocycles. The number of nitrogens with zero attached hydrogens (tertiary/aromatic N) is 2. The summed E-state index contributed by atoms with van der Waals surface area (Å²) >= 11 is 6.19. The van der Waals surface area contributed by atoms with Crippen LogP contribution in [0.1, 0.15) is 34.8 Å². The van der Waals surface area contributed by atoms with Crippen LogP contribution in [0.15, 0.2) is 71.4 Å². The van der Waals surface area contributed by atoms with Crippen molar-refractivity contribution in [1.29, 1.82) is 0 Å². The third kappa shape index (κ3) is 4.92. The quantitative estimate of drug-likeness (QED) is 0.331. The van der Waals surface area contributed by atoms with Crippen LogP contribution in [0.2, 0.25) is 5.02 Å². The normalized spacial score (nSPS) is 11.6. The molecule has 0 aliphatic heterocycles. The third-order valence-corrected chi connectivity index (χ3v) is 5.51. The minimum absolute atomic E-state index is 0.0388. The predicted molar refractivity (Wildman–Crippen MR) is 127 cm³/mol. The van der Waals surface area contributed by atoms with E-state index in [1.165, 1.54) is 12.3 Å². The Balaban J connectivity index is 1.56. The molecule has 1 unspecified atom stereocenters. The molecule has 2 heterocycles. The second-order valence-electron chi connectivity index (χ2n) is 7.47. The van der Waals surface area contributed by atoms with Crippen molar-refractivity contribution in [1.82, 2.24) is 10.1 Å². The number of pyridine rings is 1. The fraction of sp³-hybridized carbons (Fsp3) is 0.120. The van der Waals surface area contributed by atoms with Crippen molar-refractivity contribution in [3.8, 4) is 22.4 Å². The van der Waals surface area contributed by atoms with E-state index in [1.54, 1.807) is 38.1 Å². The molecule has 8 nitrogen and oxygen atoms in total. The Bertz CT molecular complexity index is 1350. The van der Waals surface area contributed by atoms with Gasteiger partial charge in [0, 0.05) is 27.9 Å². The largest absolute Gasteiger partial charge is 0.477 e. The van der Waals surface area contributed by atoms with E-state index in [4.69, 9.17) is 26.0 Å². The fourth-order valence-electron chi connectivity index (χ4n) is 3.41. The maximum Gasteiger partial charge on any atom is 0.412 e. The standard InChI is InChI=1S/C25H20ClN3O5/c1-14(19-8-3-4-9-20(19)26)33-25(32)28-22-15(2)34-29-23(22)17-7-5-6-16(12-17)18-10-11-21(24(30)31)27-13-18/h3-14H,1-2H3,(H,28,32)(H,30,31). The lowest BCUT2D eigenvalue weighted by Crippen LogP contribution is -2.17. The highest BCUT2D eigenvalue weighted by molar-refractivity contribution is 6.31.